The fourth-order valence-electron chi connectivity index (χ4n) is 2.13. The molecule has 0 aliphatic carbocycles. The van der Waals surface area contributed by atoms with Crippen LogP contribution in [0, 0.1) is 17.2 Å². The fraction of sp³-hybridized carbons (Fsp3) is 0.846. The van der Waals surface area contributed by atoms with Crippen LogP contribution in [0.2, 0.25) is 0 Å². The molecule has 1 heterocycles. The summed E-state index contributed by atoms with van der Waals surface area (Å²) in [5, 5.41) is 8.48. The number of amides is 1. The van der Waals surface area contributed by atoms with E-state index in [2.05, 4.69) is 11.0 Å². The van der Waals surface area contributed by atoms with E-state index in [1.807, 2.05) is 7.05 Å². The first-order chi connectivity index (χ1) is 8.63. The van der Waals surface area contributed by atoms with Gasteiger partial charge in [-0.3, -0.25) is 9.69 Å². The summed E-state index contributed by atoms with van der Waals surface area (Å²) in [6.07, 6.45) is 2.57. The number of carbonyl (C=O) groups excluding carboxylic acids is 1. The van der Waals surface area contributed by atoms with Gasteiger partial charge in [0.1, 0.15) is 0 Å². The molecule has 1 aliphatic heterocycles. The molecule has 1 amide bonds. The topological polar surface area (TPSA) is 56.6 Å². The van der Waals surface area contributed by atoms with E-state index in [9.17, 15) is 4.79 Å². The molecule has 1 rings (SSSR count). The van der Waals surface area contributed by atoms with Gasteiger partial charge in [0.05, 0.1) is 19.0 Å². The zero-order valence-electron chi connectivity index (χ0n) is 11.4. The first-order valence-electron chi connectivity index (χ1n) is 6.50. The van der Waals surface area contributed by atoms with Gasteiger partial charge in [0.25, 0.3) is 0 Å². The van der Waals surface area contributed by atoms with Gasteiger partial charge >= 0.3 is 0 Å². The second-order valence-electron chi connectivity index (χ2n) is 4.98. The van der Waals surface area contributed by atoms with Gasteiger partial charge in [-0.25, -0.2) is 0 Å². The largest absolute Gasteiger partial charge is 0.381 e. The van der Waals surface area contributed by atoms with Crippen molar-refractivity contribution < 1.29 is 9.53 Å². The molecule has 1 fully saturated rings. The van der Waals surface area contributed by atoms with E-state index in [-0.39, 0.29) is 5.91 Å². The quantitative estimate of drug-likeness (QED) is 0.700. The lowest BCUT2D eigenvalue weighted by molar-refractivity contribution is -0.130. The molecule has 102 valence electrons. The molecular weight excluding hydrogens is 230 g/mol. The van der Waals surface area contributed by atoms with Crippen LogP contribution in [0.4, 0.5) is 0 Å². The first-order valence-corrected chi connectivity index (χ1v) is 6.50. The molecule has 0 radical (unpaired) electrons. The Bertz CT molecular complexity index is 295. The van der Waals surface area contributed by atoms with Crippen molar-refractivity contribution in [3.63, 3.8) is 0 Å². The fourth-order valence-corrected chi connectivity index (χ4v) is 2.13. The van der Waals surface area contributed by atoms with Crippen LogP contribution in [0.15, 0.2) is 0 Å². The molecule has 0 saturated carbocycles. The third-order valence-electron chi connectivity index (χ3n) is 3.30. The minimum absolute atomic E-state index is 0.0832. The van der Waals surface area contributed by atoms with E-state index >= 15 is 0 Å². The van der Waals surface area contributed by atoms with Gasteiger partial charge in [-0.1, -0.05) is 0 Å². The van der Waals surface area contributed by atoms with Crippen molar-refractivity contribution in [3.8, 4) is 6.07 Å². The van der Waals surface area contributed by atoms with Crippen molar-refractivity contribution in [3.05, 3.63) is 0 Å². The van der Waals surface area contributed by atoms with Crippen LogP contribution in [-0.4, -0.2) is 62.7 Å². The molecule has 0 aromatic rings. The van der Waals surface area contributed by atoms with Crippen molar-refractivity contribution in [1.82, 2.24) is 9.80 Å². The van der Waals surface area contributed by atoms with E-state index in [1.165, 1.54) is 0 Å². The van der Waals surface area contributed by atoms with Crippen LogP contribution in [-0.2, 0) is 9.53 Å². The molecular formula is C13H23N3O2. The molecule has 0 spiro atoms. The molecule has 5 nitrogen and oxygen atoms in total. The number of carbonyl (C=O) groups is 1. The zero-order chi connectivity index (χ0) is 13.4. The Kier molecular flexibility index (Phi) is 6.69. The maximum absolute atomic E-state index is 11.9. The van der Waals surface area contributed by atoms with Crippen molar-refractivity contribution in [1.29, 1.82) is 5.26 Å². The Balaban J connectivity index is 2.23. The Hall–Kier alpha value is -1.12. The molecule has 0 unspecified atom stereocenters. The van der Waals surface area contributed by atoms with Crippen LogP contribution >= 0.6 is 0 Å². The van der Waals surface area contributed by atoms with Gasteiger partial charge in [0.2, 0.25) is 5.91 Å². The average molecular weight is 253 g/mol. The van der Waals surface area contributed by atoms with E-state index in [1.54, 1.807) is 11.9 Å². The van der Waals surface area contributed by atoms with Crippen molar-refractivity contribution in [2.45, 2.75) is 19.3 Å². The van der Waals surface area contributed by atoms with Crippen molar-refractivity contribution in [2.24, 2.45) is 5.92 Å². The molecule has 0 N–H and O–H groups in total. The predicted molar refractivity (Wildman–Crippen MR) is 68.9 cm³/mol. The second kappa shape index (κ2) is 8.06. The van der Waals surface area contributed by atoms with Crippen molar-refractivity contribution >= 4 is 5.91 Å². The zero-order valence-corrected chi connectivity index (χ0v) is 11.4. The summed E-state index contributed by atoms with van der Waals surface area (Å²) in [5.41, 5.74) is 0. The van der Waals surface area contributed by atoms with Gasteiger partial charge in [0.15, 0.2) is 0 Å². The summed E-state index contributed by atoms with van der Waals surface area (Å²) in [6.45, 7) is 3.57. The van der Waals surface area contributed by atoms with Gasteiger partial charge in [-0.15, -0.1) is 0 Å². The smallest absolute Gasteiger partial charge is 0.236 e. The van der Waals surface area contributed by atoms with Crippen LogP contribution < -0.4 is 0 Å². The highest BCUT2D eigenvalue weighted by molar-refractivity contribution is 5.77. The Labute approximate surface area is 109 Å². The second-order valence-corrected chi connectivity index (χ2v) is 4.98. The summed E-state index contributed by atoms with van der Waals surface area (Å²) >= 11 is 0. The summed E-state index contributed by atoms with van der Waals surface area (Å²) in [4.78, 5) is 15.6. The monoisotopic (exact) mass is 253 g/mol. The lowest BCUT2D eigenvalue weighted by Crippen LogP contribution is -2.39. The van der Waals surface area contributed by atoms with E-state index in [0.717, 1.165) is 32.6 Å². The summed E-state index contributed by atoms with van der Waals surface area (Å²) < 4.78 is 5.32. The van der Waals surface area contributed by atoms with Crippen LogP contribution in [0.25, 0.3) is 0 Å². The van der Waals surface area contributed by atoms with Gasteiger partial charge in [-0.2, -0.15) is 5.26 Å². The molecule has 0 atom stereocenters. The van der Waals surface area contributed by atoms with Crippen LogP contribution in [0.1, 0.15) is 19.3 Å². The molecule has 1 saturated heterocycles. The highest BCUT2D eigenvalue weighted by Gasteiger charge is 2.18. The van der Waals surface area contributed by atoms with Gasteiger partial charge < -0.3 is 9.64 Å². The van der Waals surface area contributed by atoms with Crippen LogP contribution in [0.5, 0.6) is 0 Å². The van der Waals surface area contributed by atoms with E-state index < -0.39 is 0 Å². The highest BCUT2D eigenvalue weighted by atomic mass is 16.5. The number of ether oxygens (including phenoxy) is 1. The maximum atomic E-state index is 11.9. The number of rotatable bonds is 6. The SMILES string of the molecule is CN(CC(=O)N(C)CCC#N)CC1CCOCC1. The first kappa shape index (κ1) is 14.9. The minimum Gasteiger partial charge on any atom is -0.381 e. The van der Waals surface area contributed by atoms with Crippen molar-refractivity contribution in [2.75, 3.05) is 46.9 Å². The van der Waals surface area contributed by atoms with Gasteiger partial charge in [-0.05, 0) is 25.8 Å². The standard InChI is InChI=1S/C13H23N3O2/c1-15(10-12-4-8-18-9-5-12)11-13(17)16(2)7-3-6-14/h12H,3-5,7-11H2,1-2H3. The Morgan fingerprint density at radius 3 is 2.67 bits per heavy atom. The summed E-state index contributed by atoms with van der Waals surface area (Å²) in [7, 11) is 3.73. The number of hydrogen-bond donors (Lipinski definition) is 0. The van der Waals surface area contributed by atoms with E-state index in [4.69, 9.17) is 10.00 Å². The maximum Gasteiger partial charge on any atom is 0.236 e. The number of nitriles is 1. The van der Waals surface area contributed by atoms with Crippen LogP contribution in [0.3, 0.4) is 0 Å². The number of nitrogens with zero attached hydrogens (tertiary/aromatic N) is 3. The molecule has 0 aromatic carbocycles. The Morgan fingerprint density at radius 1 is 1.39 bits per heavy atom. The summed E-state index contributed by atoms with van der Waals surface area (Å²) in [6, 6.07) is 2.05. The number of likely N-dealkylation sites (N-methyl/N-ethyl adjacent to an activating group) is 2. The Morgan fingerprint density at radius 2 is 2.06 bits per heavy atom. The third kappa shape index (κ3) is 5.48. The van der Waals surface area contributed by atoms with Gasteiger partial charge in [0, 0.05) is 33.4 Å². The normalized spacial score (nSPS) is 16.6. The lowest BCUT2D eigenvalue weighted by atomic mass is 10.00. The summed E-state index contributed by atoms with van der Waals surface area (Å²) in [5.74, 6) is 0.723. The predicted octanol–water partition coefficient (Wildman–Crippen LogP) is 0.717. The third-order valence-corrected chi connectivity index (χ3v) is 3.30. The van der Waals surface area contributed by atoms with E-state index in [0.29, 0.717) is 25.4 Å². The molecule has 0 bridgehead atoms. The number of hydrogen-bond acceptors (Lipinski definition) is 4. The average Bonchev–Trinajstić information content (AvgIpc) is 2.36. The lowest BCUT2D eigenvalue weighted by Gasteiger charge is -2.27. The molecule has 18 heavy (non-hydrogen) atoms. The highest BCUT2D eigenvalue weighted by Crippen LogP contribution is 2.15. The molecule has 0 aromatic heterocycles. The molecule has 1 aliphatic rings. The minimum atomic E-state index is 0.0832. The molecule has 5 heteroatoms.